The molecule has 1 fully saturated rings. The fourth-order valence-electron chi connectivity index (χ4n) is 11.0. The standard InChI is InChI=1S/C48H50N4O7/c1-26-4-8-31(40(56)18-26)41(57)20-29(53)7-5-27-19-43-42(21-39(27)55)58-17-16-48(14-2-3-15-48)36-12-13-38(54)32-10-11-33-44-28(22-51-46(33)49)6-9-30(45(32)44)34-23-50-37-25-52(24-35(34)37)47(36)59-43/h4,8,10-11,19,21-23,25-26,28,30-31,36,38,40-41,46-47,54-57H,2-3,5-7,9,14-15,18,20,24,49H2,1H3/t26-,28+,30+,31+,36-,38-,40+,41-,46-,47-/m0/s1. The second-order valence-electron chi connectivity index (χ2n) is 17.8. The second-order valence-corrected chi connectivity index (χ2v) is 17.8. The van der Waals surface area contributed by atoms with Gasteiger partial charge in [-0.3, -0.25) is 14.8 Å². The van der Waals surface area contributed by atoms with E-state index in [-0.39, 0.29) is 54.3 Å². The molecule has 59 heavy (non-hydrogen) atoms. The number of aryl methyl sites for hydroxylation is 1. The number of aliphatic imine (C=N–C) groups is 2. The van der Waals surface area contributed by atoms with Gasteiger partial charge >= 0.3 is 0 Å². The van der Waals surface area contributed by atoms with Crippen molar-refractivity contribution < 1.29 is 34.7 Å². The van der Waals surface area contributed by atoms with Gasteiger partial charge in [-0.15, -0.1) is 0 Å². The number of fused-ring (bicyclic) bond motifs is 6. The predicted molar refractivity (Wildman–Crippen MR) is 221 cm³/mol. The minimum atomic E-state index is -1.08. The molecule has 3 aliphatic carbocycles. The van der Waals surface area contributed by atoms with Crippen LogP contribution in [-0.4, -0.2) is 68.5 Å². The van der Waals surface area contributed by atoms with E-state index in [1.165, 1.54) is 6.07 Å². The maximum absolute atomic E-state index is 13.2. The fourth-order valence-corrected chi connectivity index (χ4v) is 11.0. The molecule has 6 N–H and O–H groups in total. The average Bonchev–Trinajstić information content (AvgIpc) is 3.96. The van der Waals surface area contributed by atoms with Crippen molar-refractivity contribution in [3.05, 3.63) is 87.3 Å². The Morgan fingerprint density at radius 2 is 1.92 bits per heavy atom. The summed E-state index contributed by atoms with van der Waals surface area (Å²) in [6.45, 7) is 2.54. The number of allylic oxidation sites excluding steroid dienone is 2. The molecule has 2 aromatic rings. The number of ether oxygens (including phenoxy) is 2. The summed E-state index contributed by atoms with van der Waals surface area (Å²) >= 11 is 0. The number of hydrogen-bond acceptors (Lipinski definition) is 11. The minimum absolute atomic E-state index is 0.00366. The Bertz CT molecular complexity index is 2390. The number of nitrogens with zero attached hydrogens (tertiary/aromatic N) is 3. The zero-order chi connectivity index (χ0) is 40.6. The first-order chi connectivity index (χ1) is 28.6. The van der Waals surface area contributed by atoms with E-state index >= 15 is 0 Å². The van der Waals surface area contributed by atoms with Crippen molar-refractivity contribution in [2.24, 2.45) is 38.9 Å². The van der Waals surface area contributed by atoms with Gasteiger partial charge in [0.1, 0.15) is 29.9 Å². The summed E-state index contributed by atoms with van der Waals surface area (Å²) in [5.74, 6) is 10.1. The summed E-state index contributed by atoms with van der Waals surface area (Å²) in [6.07, 6.45) is 14.8. The van der Waals surface area contributed by atoms with Gasteiger partial charge in [0.2, 0.25) is 0 Å². The number of Topliss-reactive ketones (excluding diaryl/α,β-unsaturated/α-hetero) is 1. The Balaban J connectivity index is 1.02. The Kier molecular flexibility index (Phi) is 9.57. The fraction of sp³-hybridized carbons (Fsp3) is 0.479. The predicted octanol–water partition coefficient (Wildman–Crippen LogP) is 5.74. The van der Waals surface area contributed by atoms with E-state index in [0.717, 1.165) is 77.6 Å². The lowest BCUT2D eigenvalue weighted by Crippen LogP contribution is -2.47. The van der Waals surface area contributed by atoms with Crippen LogP contribution in [0.15, 0.2) is 69.4 Å². The minimum Gasteiger partial charge on any atom is -0.508 e. The first-order valence-electron chi connectivity index (χ1n) is 21.2. The van der Waals surface area contributed by atoms with E-state index in [1.54, 1.807) is 6.07 Å². The highest BCUT2D eigenvalue weighted by Gasteiger charge is 2.49. The molecular weight excluding hydrogens is 745 g/mol. The number of benzene rings is 2. The maximum atomic E-state index is 13.2. The van der Waals surface area contributed by atoms with Crippen LogP contribution < -0.4 is 15.2 Å². The van der Waals surface area contributed by atoms with Crippen molar-refractivity contribution in [3.8, 4) is 41.1 Å². The smallest absolute Gasteiger partial charge is 0.187 e. The van der Waals surface area contributed by atoms with E-state index < -0.39 is 48.0 Å². The van der Waals surface area contributed by atoms with E-state index in [9.17, 15) is 25.2 Å². The molecule has 5 aliphatic heterocycles. The Morgan fingerprint density at radius 3 is 2.75 bits per heavy atom. The van der Waals surface area contributed by atoms with Crippen LogP contribution in [0.5, 0.6) is 17.2 Å². The summed E-state index contributed by atoms with van der Waals surface area (Å²) in [5.41, 5.74) is 13.6. The molecule has 11 nitrogen and oxygen atoms in total. The number of ketones is 1. The highest BCUT2D eigenvalue weighted by Crippen LogP contribution is 2.53. The van der Waals surface area contributed by atoms with Crippen LogP contribution in [0, 0.1) is 47.0 Å². The lowest BCUT2D eigenvalue weighted by atomic mass is 9.68. The molecule has 5 heterocycles. The lowest BCUT2D eigenvalue weighted by molar-refractivity contribution is -0.122. The molecule has 0 radical (unpaired) electrons. The Morgan fingerprint density at radius 1 is 1.08 bits per heavy atom. The molecule has 0 saturated heterocycles. The van der Waals surface area contributed by atoms with Gasteiger partial charge in [-0.2, -0.15) is 0 Å². The number of nitrogens with two attached hydrogens (primary N) is 1. The molecule has 2 bridgehead atoms. The van der Waals surface area contributed by atoms with Crippen LogP contribution in [0.2, 0.25) is 0 Å². The number of carbonyl (C=O) groups is 1. The molecule has 10 atom stereocenters. The van der Waals surface area contributed by atoms with Gasteiger partial charge in [-0.05, 0) is 83.9 Å². The number of phenols is 1. The molecule has 11 heteroatoms. The van der Waals surface area contributed by atoms with Crippen molar-refractivity contribution in [2.75, 3.05) is 6.54 Å². The molecule has 2 aromatic carbocycles. The van der Waals surface area contributed by atoms with Gasteiger partial charge in [0, 0.05) is 67.4 Å². The monoisotopic (exact) mass is 794 g/mol. The van der Waals surface area contributed by atoms with E-state index in [2.05, 4.69) is 40.0 Å². The Labute approximate surface area is 344 Å². The zero-order valence-electron chi connectivity index (χ0n) is 33.2. The normalized spacial score (nSPS) is 31.9. The molecule has 10 rings (SSSR count). The third kappa shape index (κ3) is 6.60. The van der Waals surface area contributed by atoms with Gasteiger partial charge < -0.3 is 40.5 Å². The number of carbonyl (C=O) groups excluding carboxylic acids is 1. The number of aliphatic hydroxyl groups excluding tert-OH is 3. The number of aromatic hydroxyl groups is 1. The van der Waals surface area contributed by atoms with Crippen LogP contribution in [0.3, 0.4) is 0 Å². The van der Waals surface area contributed by atoms with Gasteiger partial charge in [0.15, 0.2) is 17.7 Å². The van der Waals surface area contributed by atoms with Crippen LogP contribution >= 0.6 is 0 Å². The zero-order valence-corrected chi connectivity index (χ0v) is 33.2. The largest absolute Gasteiger partial charge is 0.508 e. The van der Waals surface area contributed by atoms with E-state index in [4.69, 9.17) is 20.2 Å². The first kappa shape index (κ1) is 38.1. The number of phenolic OH excluding ortho intramolecular Hbond substituents is 1. The SMILES string of the molecule is C[C@H]1C=C[C@@H]([C@@H](O)CC(=O)CCc2cc3c(cc2O)OC#CC2(CCCC2)[C@H]2C#C[C@H](O)c4ccc5c6c4[C@H](CC[C@@H]6C=N[C@@H]5N)C4=C5CN(C=C5N=C4)[C@H]2O3)[C@H](O)C1. The molecule has 0 amide bonds. The van der Waals surface area contributed by atoms with E-state index in [1.807, 2.05) is 43.6 Å². The molecule has 0 unspecified atom stereocenters. The van der Waals surface area contributed by atoms with Crippen molar-refractivity contribution in [3.63, 3.8) is 0 Å². The van der Waals surface area contributed by atoms with Crippen LogP contribution in [0.25, 0.3) is 0 Å². The molecule has 304 valence electrons. The molecule has 8 aliphatic rings. The number of rotatable bonds is 6. The summed E-state index contributed by atoms with van der Waals surface area (Å²) in [6, 6.07) is 7.19. The van der Waals surface area contributed by atoms with Crippen LogP contribution in [0.1, 0.15) is 117 Å². The van der Waals surface area contributed by atoms with Gasteiger partial charge in [0.25, 0.3) is 0 Å². The van der Waals surface area contributed by atoms with Crippen molar-refractivity contribution in [2.45, 2.75) is 114 Å². The summed E-state index contributed by atoms with van der Waals surface area (Å²) < 4.78 is 13.2. The van der Waals surface area contributed by atoms with Crippen molar-refractivity contribution in [1.82, 2.24) is 4.90 Å². The third-order valence-corrected chi connectivity index (χ3v) is 14.1. The van der Waals surface area contributed by atoms with E-state index in [0.29, 0.717) is 24.3 Å². The summed E-state index contributed by atoms with van der Waals surface area (Å²) in [5, 5.41) is 44.8. The molecule has 1 saturated carbocycles. The second kappa shape index (κ2) is 14.8. The average molecular weight is 795 g/mol. The van der Waals surface area contributed by atoms with Crippen molar-refractivity contribution >= 4 is 18.2 Å². The topological polar surface area (TPSA) is 170 Å². The first-order valence-corrected chi connectivity index (χ1v) is 21.2. The van der Waals surface area contributed by atoms with Gasteiger partial charge in [-0.25, -0.2) is 0 Å². The third-order valence-electron chi connectivity index (χ3n) is 14.1. The molecule has 1 spiro atoms. The highest BCUT2D eigenvalue weighted by molar-refractivity contribution is 5.90. The van der Waals surface area contributed by atoms with Gasteiger partial charge in [0.05, 0.1) is 29.2 Å². The highest BCUT2D eigenvalue weighted by atomic mass is 16.5. The Hall–Kier alpha value is -5.17. The lowest BCUT2D eigenvalue weighted by Gasteiger charge is -2.40. The van der Waals surface area contributed by atoms with Crippen molar-refractivity contribution in [1.29, 1.82) is 0 Å². The molecular formula is C48H50N4O7. The number of hydrogen-bond donors (Lipinski definition) is 5. The summed E-state index contributed by atoms with van der Waals surface area (Å²) in [4.78, 5) is 24.9. The molecule has 0 aromatic heterocycles. The quantitative estimate of drug-likeness (QED) is 0.181. The number of aliphatic hydroxyl groups is 3. The van der Waals surface area contributed by atoms with Crippen LogP contribution in [-0.2, 0) is 11.2 Å². The van der Waals surface area contributed by atoms with Crippen LogP contribution in [0.4, 0.5) is 0 Å². The maximum Gasteiger partial charge on any atom is 0.187 e. The summed E-state index contributed by atoms with van der Waals surface area (Å²) in [7, 11) is 0. The van der Waals surface area contributed by atoms with Gasteiger partial charge in [-0.1, -0.05) is 61.8 Å².